The summed E-state index contributed by atoms with van der Waals surface area (Å²) in [7, 11) is 0. The summed E-state index contributed by atoms with van der Waals surface area (Å²) in [6.45, 7) is 0. The average molecular weight is 329 g/mol. The van der Waals surface area contributed by atoms with Crippen LogP contribution in [0.1, 0.15) is 15.9 Å². The number of para-hydroxylation sites is 1. The van der Waals surface area contributed by atoms with Gasteiger partial charge in [0.05, 0.1) is 23.0 Å². The lowest BCUT2D eigenvalue weighted by molar-refractivity contribution is 0.0954. The smallest absolute Gasteiger partial charge is 0.271 e. The van der Waals surface area contributed by atoms with Gasteiger partial charge >= 0.3 is 0 Å². The SMILES string of the molecule is O=C(N/N=C1/c2ccccc2N=C2C=CC=CC21)c1ccc(O)cc1. The summed E-state index contributed by atoms with van der Waals surface area (Å²) in [5.74, 6) is -0.298. The van der Waals surface area contributed by atoms with Gasteiger partial charge in [0.25, 0.3) is 5.91 Å². The first kappa shape index (κ1) is 15.1. The van der Waals surface area contributed by atoms with Gasteiger partial charge in [-0.15, -0.1) is 0 Å². The van der Waals surface area contributed by atoms with E-state index in [-0.39, 0.29) is 17.6 Å². The highest BCUT2D eigenvalue weighted by Gasteiger charge is 2.27. The van der Waals surface area contributed by atoms with Gasteiger partial charge in [-0.05, 0) is 36.4 Å². The molecule has 5 heteroatoms. The Balaban J connectivity index is 1.68. The number of hydrogen-bond acceptors (Lipinski definition) is 4. The second-order valence-corrected chi connectivity index (χ2v) is 5.76. The predicted molar refractivity (Wildman–Crippen MR) is 97.4 cm³/mol. The van der Waals surface area contributed by atoms with E-state index in [0.29, 0.717) is 5.56 Å². The van der Waals surface area contributed by atoms with Gasteiger partial charge in [0.1, 0.15) is 5.75 Å². The number of aromatic hydroxyl groups is 1. The number of allylic oxidation sites excluding steroid dienone is 4. The van der Waals surface area contributed by atoms with E-state index >= 15 is 0 Å². The molecule has 2 aliphatic rings. The van der Waals surface area contributed by atoms with Gasteiger partial charge in [-0.3, -0.25) is 9.79 Å². The van der Waals surface area contributed by atoms with Crippen LogP contribution in [0.15, 0.2) is 82.9 Å². The van der Waals surface area contributed by atoms with Gasteiger partial charge in [-0.2, -0.15) is 5.10 Å². The number of fused-ring (bicyclic) bond motifs is 2. The fourth-order valence-electron chi connectivity index (χ4n) is 2.88. The number of benzene rings is 2. The minimum absolute atomic E-state index is 0.0833. The lowest BCUT2D eigenvalue weighted by Gasteiger charge is -2.24. The maximum Gasteiger partial charge on any atom is 0.271 e. The Hall–Kier alpha value is -3.47. The number of amides is 1. The van der Waals surface area contributed by atoms with E-state index in [4.69, 9.17) is 0 Å². The molecule has 4 rings (SSSR count). The number of carbonyl (C=O) groups is 1. The van der Waals surface area contributed by atoms with Crippen molar-refractivity contribution in [2.75, 3.05) is 0 Å². The van der Waals surface area contributed by atoms with E-state index in [1.54, 1.807) is 12.1 Å². The number of nitrogens with one attached hydrogen (secondary N) is 1. The number of hydrogen-bond donors (Lipinski definition) is 2. The van der Waals surface area contributed by atoms with Crippen LogP contribution in [0.25, 0.3) is 0 Å². The van der Waals surface area contributed by atoms with Crippen molar-refractivity contribution in [1.29, 1.82) is 0 Å². The Morgan fingerprint density at radius 3 is 2.72 bits per heavy atom. The van der Waals surface area contributed by atoms with Crippen LogP contribution in [-0.2, 0) is 0 Å². The van der Waals surface area contributed by atoms with Gasteiger partial charge < -0.3 is 5.11 Å². The molecule has 1 unspecified atom stereocenters. The summed E-state index contributed by atoms with van der Waals surface area (Å²) in [4.78, 5) is 17.0. The number of carbonyl (C=O) groups excluding carboxylic acids is 1. The van der Waals surface area contributed by atoms with Crippen molar-refractivity contribution >= 4 is 23.0 Å². The summed E-state index contributed by atoms with van der Waals surface area (Å²) < 4.78 is 0. The maximum absolute atomic E-state index is 12.3. The van der Waals surface area contributed by atoms with Gasteiger partial charge in [0.15, 0.2) is 0 Å². The molecule has 25 heavy (non-hydrogen) atoms. The summed E-state index contributed by atoms with van der Waals surface area (Å²) in [5.41, 5.74) is 6.45. The lowest BCUT2D eigenvalue weighted by Crippen LogP contribution is -2.30. The quantitative estimate of drug-likeness (QED) is 0.829. The first-order valence-electron chi connectivity index (χ1n) is 7.92. The number of nitrogens with zero attached hydrogens (tertiary/aromatic N) is 2. The number of phenolic OH excluding ortho intramolecular Hbond substituents is 1. The van der Waals surface area contributed by atoms with E-state index in [1.165, 1.54) is 12.1 Å². The normalized spacial score (nSPS) is 19.1. The highest BCUT2D eigenvalue weighted by atomic mass is 16.3. The number of phenols is 1. The van der Waals surface area contributed by atoms with Gasteiger partial charge in [-0.1, -0.05) is 36.4 Å². The molecule has 1 atom stereocenters. The Bertz CT molecular complexity index is 953. The Labute approximate surface area is 144 Å². The van der Waals surface area contributed by atoms with Crippen LogP contribution in [0.3, 0.4) is 0 Å². The molecule has 122 valence electrons. The van der Waals surface area contributed by atoms with E-state index in [2.05, 4.69) is 15.5 Å². The third-order valence-corrected chi connectivity index (χ3v) is 4.13. The van der Waals surface area contributed by atoms with Crippen molar-refractivity contribution < 1.29 is 9.90 Å². The zero-order valence-corrected chi connectivity index (χ0v) is 13.3. The van der Waals surface area contributed by atoms with Crippen LogP contribution in [0.4, 0.5) is 5.69 Å². The molecule has 2 N–H and O–H groups in total. The van der Waals surface area contributed by atoms with Crippen LogP contribution < -0.4 is 5.43 Å². The van der Waals surface area contributed by atoms with E-state index < -0.39 is 0 Å². The Kier molecular flexibility index (Phi) is 3.74. The van der Waals surface area contributed by atoms with E-state index in [9.17, 15) is 9.90 Å². The standard InChI is InChI=1S/C20H15N3O2/c24-14-11-9-13(10-12-14)20(25)23-22-19-15-5-1-3-7-17(15)21-18-8-4-2-6-16(18)19/h1-12,15,24H,(H,23,25)/b22-19+. The predicted octanol–water partition coefficient (Wildman–Crippen LogP) is 3.35. The van der Waals surface area contributed by atoms with Crippen molar-refractivity contribution in [2.24, 2.45) is 16.0 Å². The molecule has 2 aromatic rings. The molecule has 0 saturated carbocycles. The van der Waals surface area contributed by atoms with Crippen molar-refractivity contribution in [3.05, 3.63) is 84.0 Å². The van der Waals surface area contributed by atoms with Crippen molar-refractivity contribution in [3.63, 3.8) is 0 Å². The highest BCUT2D eigenvalue weighted by Crippen LogP contribution is 2.31. The zero-order valence-electron chi connectivity index (χ0n) is 13.3. The third-order valence-electron chi connectivity index (χ3n) is 4.13. The average Bonchev–Trinajstić information content (AvgIpc) is 2.65. The second kappa shape index (κ2) is 6.20. The lowest BCUT2D eigenvalue weighted by atomic mass is 9.86. The van der Waals surface area contributed by atoms with Gasteiger partial charge in [0.2, 0.25) is 0 Å². The maximum atomic E-state index is 12.3. The second-order valence-electron chi connectivity index (χ2n) is 5.76. The van der Waals surface area contributed by atoms with E-state index in [0.717, 1.165) is 22.7 Å². The Morgan fingerprint density at radius 1 is 1.08 bits per heavy atom. The number of aliphatic imine (C=N–C) groups is 1. The molecule has 0 fully saturated rings. The molecule has 0 spiro atoms. The highest BCUT2D eigenvalue weighted by molar-refractivity contribution is 6.25. The first-order chi connectivity index (χ1) is 12.2. The van der Waals surface area contributed by atoms with Gasteiger partial charge in [0, 0.05) is 11.1 Å². The summed E-state index contributed by atoms with van der Waals surface area (Å²) in [6.07, 6.45) is 7.86. The molecule has 0 saturated heterocycles. The van der Waals surface area contributed by atoms with E-state index in [1.807, 2.05) is 48.6 Å². The molecule has 2 aromatic carbocycles. The van der Waals surface area contributed by atoms with Crippen LogP contribution in [-0.4, -0.2) is 22.4 Å². The summed E-state index contributed by atoms with van der Waals surface area (Å²) in [6, 6.07) is 13.8. The molecule has 0 radical (unpaired) electrons. The molecular weight excluding hydrogens is 314 g/mol. The van der Waals surface area contributed by atoms with Crippen LogP contribution in [0.2, 0.25) is 0 Å². The molecule has 1 heterocycles. The molecule has 1 aliphatic carbocycles. The summed E-state index contributed by atoms with van der Waals surface area (Å²) in [5, 5.41) is 13.7. The fraction of sp³-hybridized carbons (Fsp3) is 0.0500. The monoisotopic (exact) mass is 329 g/mol. The minimum atomic E-state index is -0.329. The van der Waals surface area contributed by atoms with Crippen molar-refractivity contribution in [1.82, 2.24) is 5.43 Å². The van der Waals surface area contributed by atoms with Crippen LogP contribution >= 0.6 is 0 Å². The fourth-order valence-corrected chi connectivity index (χ4v) is 2.88. The first-order valence-corrected chi connectivity index (χ1v) is 7.92. The largest absolute Gasteiger partial charge is 0.508 e. The topological polar surface area (TPSA) is 74.0 Å². The molecule has 1 aliphatic heterocycles. The molecule has 0 bridgehead atoms. The van der Waals surface area contributed by atoms with Crippen molar-refractivity contribution in [2.45, 2.75) is 0 Å². The zero-order chi connectivity index (χ0) is 17.2. The molecule has 0 aromatic heterocycles. The molecule has 5 nitrogen and oxygen atoms in total. The molecule has 1 amide bonds. The van der Waals surface area contributed by atoms with Crippen LogP contribution in [0.5, 0.6) is 5.75 Å². The third kappa shape index (κ3) is 2.87. The Morgan fingerprint density at radius 2 is 1.88 bits per heavy atom. The van der Waals surface area contributed by atoms with Crippen molar-refractivity contribution in [3.8, 4) is 5.75 Å². The molecular formula is C20H15N3O2. The number of rotatable bonds is 2. The van der Waals surface area contributed by atoms with Crippen LogP contribution in [0, 0.1) is 5.92 Å². The van der Waals surface area contributed by atoms with Gasteiger partial charge in [-0.25, -0.2) is 5.43 Å². The number of hydrazone groups is 1. The summed E-state index contributed by atoms with van der Waals surface area (Å²) >= 11 is 0. The minimum Gasteiger partial charge on any atom is -0.508 e.